The molecular weight excluding hydrogens is 302 g/mol. The second kappa shape index (κ2) is 6.66. The number of fused-ring (bicyclic) bond motifs is 2. The SMILES string of the molecule is NC1C2CCC(C2)C1C(=O)N1CCC(CC(=O)N2CCCC2)CC1. The summed E-state index contributed by atoms with van der Waals surface area (Å²) in [6.45, 7) is 3.52. The van der Waals surface area contributed by atoms with Crippen LogP contribution in [0.3, 0.4) is 0 Å². The van der Waals surface area contributed by atoms with Gasteiger partial charge in [-0.3, -0.25) is 9.59 Å². The molecule has 24 heavy (non-hydrogen) atoms. The summed E-state index contributed by atoms with van der Waals surface area (Å²) in [5.41, 5.74) is 6.34. The first-order chi connectivity index (χ1) is 11.6. The van der Waals surface area contributed by atoms with Crippen molar-refractivity contribution in [1.82, 2.24) is 9.80 Å². The van der Waals surface area contributed by atoms with Crippen LogP contribution in [0.25, 0.3) is 0 Å². The van der Waals surface area contributed by atoms with Crippen molar-refractivity contribution in [3.8, 4) is 0 Å². The fraction of sp³-hybridized carbons (Fsp3) is 0.895. The van der Waals surface area contributed by atoms with Gasteiger partial charge in [0, 0.05) is 38.6 Å². The molecule has 0 aromatic rings. The summed E-state index contributed by atoms with van der Waals surface area (Å²) in [6, 6.07) is 0.0886. The number of hydrogen-bond acceptors (Lipinski definition) is 3. The smallest absolute Gasteiger partial charge is 0.227 e. The quantitative estimate of drug-likeness (QED) is 0.853. The Hall–Kier alpha value is -1.10. The molecular formula is C19H31N3O2. The third kappa shape index (κ3) is 2.96. The van der Waals surface area contributed by atoms with E-state index in [1.54, 1.807) is 0 Å². The van der Waals surface area contributed by atoms with Crippen molar-refractivity contribution in [3.05, 3.63) is 0 Å². The molecule has 2 aliphatic carbocycles. The van der Waals surface area contributed by atoms with Gasteiger partial charge in [-0.15, -0.1) is 0 Å². The molecule has 4 rings (SSSR count). The first-order valence-corrected chi connectivity index (χ1v) is 9.95. The number of hydrogen-bond donors (Lipinski definition) is 1. The van der Waals surface area contributed by atoms with E-state index >= 15 is 0 Å². The fourth-order valence-corrected chi connectivity index (χ4v) is 5.61. The normalized spacial score (nSPS) is 36.5. The van der Waals surface area contributed by atoms with Crippen LogP contribution in [0.1, 0.15) is 51.4 Å². The summed E-state index contributed by atoms with van der Waals surface area (Å²) >= 11 is 0. The predicted molar refractivity (Wildman–Crippen MR) is 92.0 cm³/mol. The molecule has 5 heteroatoms. The topological polar surface area (TPSA) is 66.6 Å². The van der Waals surface area contributed by atoms with E-state index in [4.69, 9.17) is 5.73 Å². The minimum atomic E-state index is 0.0755. The lowest BCUT2D eigenvalue weighted by Crippen LogP contribution is -2.49. The van der Waals surface area contributed by atoms with Crippen LogP contribution in [-0.4, -0.2) is 53.8 Å². The Morgan fingerprint density at radius 3 is 2.17 bits per heavy atom. The Balaban J connectivity index is 1.27. The molecule has 4 atom stereocenters. The average Bonchev–Trinajstić information content (AvgIpc) is 3.32. The van der Waals surface area contributed by atoms with Crippen LogP contribution in [-0.2, 0) is 9.59 Å². The van der Waals surface area contributed by atoms with Crippen LogP contribution >= 0.6 is 0 Å². The first kappa shape index (κ1) is 16.4. The average molecular weight is 333 g/mol. The van der Waals surface area contributed by atoms with Gasteiger partial charge in [-0.05, 0) is 62.7 Å². The van der Waals surface area contributed by atoms with Crippen LogP contribution in [0.2, 0.25) is 0 Å². The molecule has 2 bridgehead atoms. The highest BCUT2D eigenvalue weighted by molar-refractivity contribution is 5.81. The summed E-state index contributed by atoms with van der Waals surface area (Å²) in [5.74, 6) is 2.28. The van der Waals surface area contributed by atoms with Crippen LogP contribution in [0.5, 0.6) is 0 Å². The van der Waals surface area contributed by atoms with Crippen LogP contribution < -0.4 is 5.73 Å². The summed E-state index contributed by atoms with van der Waals surface area (Å²) in [4.78, 5) is 29.3. The summed E-state index contributed by atoms with van der Waals surface area (Å²) in [6.07, 6.45) is 8.51. The largest absolute Gasteiger partial charge is 0.343 e. The Labute approximate surface area is 144 Å². The summed E-state index contributed by atoms with van der Waals surface area (Å²) in [5, 5.41) is 0. The monoisotopic (exact) mass is 333 g/mol. The van der Waals surface area contributed by atoms with E-state index in [0.717, 1.165) is 51.9 Å². The number of amides is 2. The van der Waals surface area contributed by atoms with Crippen LogP contribution in [0.15, 0.2) is 0 Å². The number of nitrogens with two attached hydrogens (primary N) is 1. The van der Waals surface area contributed by atoms with E-state index in [2.05, 4.69) is 0 Å². The van der Waals surface area contributed by atoms with Gasteiger partial charge < -0.3 is 15.5 Å². The zero-order chi connectivity index (χ0) is 16.7. The molecule has 2 N–H and O–H groups in total. The second-order valence-corrected chi connectivity index (χ2v) is 8.50. The summed E-state index contributed by atoms with van der Waals surface area (Å²) in [7, 11) is 0. The fourth-order valence-electron chi connectivity index (χ4n) is 5.61. The lowest BCUT2D eigenvalue weighted by Gasteiger charge is -2.37. The van der Waals surface area contributed by atoms with Crippen LogP contribution in [0.4, 0.5) is 0 Å². The highest BCUT2D eigenvalue weighted by Gasteiger charge is 2.50. The van der Waals surface area contributed by atoms with E-state index in [1.807, 2.05) is 9.80 Å². The van der Waals surface area contributed by atoms with Crippen molar-refractivity contribution in [1.29, 1.82) is 0 Å². The van der Waals surface area contributed by atoms with E-state index < -0.39 is 0 Å². The molecule has 5 nitrogen and oxygen atoms in total. The Bertz CT molecular complexity index is 493. The van der Waals surface area contributed by atoms with E-state index in [-0.39, 0.29) is 12.0 Å². The Kier molecular flexibility index (Phi) is 4.54. The standard InChI is InChI=1S/C19H31N3O2/c20-18-15-4-3-14(12-15)17(18)19(24)22-9-5-13(6-10-22)11-16(23)21-7-1-2-8-21/h13-15,17-18H,1-12,20H2. The zero-order valence-electron chi connectivity index (χ0n) is 14.7. The van der Waals surface area contributed by atoms with Gasteiger partial charge in [-0.1, -0.05) is 0 Å². The molecule has 4 unspecified atom stereocenters. The van der Waals surface area contributed by atoms with Gasteiger partial charge in [0.2, 0.25) is 11.8 Å². The molecule has 0 aromatic carbocycles. The third-order valence-corrected chi connectivity index (χ3v) is 7.11. The van der Waals surface area contributed by atoms with Crippen molar-refractivity contribution < 1.29 is 9.59 Å². The summed E-state index contributed by atoms with van der Waals surface area (Å²) < 4.78 is 0. The maximum atomic E-state index is 12.9. The number of piperidine rings is 1. The number of carbonyl (C=O) groups excluding carboxylic acids is 2. The van der Waals surface area contributed by atoms with Gasteiger partial charge in [0.05, 0.1) is 5.92 Å². The van der Waals surface area contributed by atoms with Gasteiger partial charge in [0.25, 0.3) is 0 Å². The molecule has 4 fully saturated rings. The zero-order valence-corrected chi connectivity index (χ0v) is 14.7. The van der Waals surface area contributed by atoms with Gasteiger partial charge >= 0.3 is 0 Å². The molecule has 2 heterocycles. The van der Waals surface area contributed by atoms with Gasteiger partial charge in [0.15, 0.2) is 0 Å². The molecule has 0 aromatic heterocycles. The van der Waals surface area contributed by atoms with E-state index in [0.29, 0.717) is 36.0 Å². The predicted octanol–water partition coefficient (Wildman–Crippen LogP) is 1.61. The highest BCUT2D eigenvalue weighted by Crippen LogP contribution is 2.48. The van der Waals surface area contributed by atoms with Crippen LogP contribution in [0, 0.1) is 23.7 Å². The maximum absolute atomic E-state index is 12.9. The lowest BCUT2D eigenvalue weighted by molar-refractivity contribution is -0.139. The van der Waals surface area contributed by atoms with Gasteiger partial charge in [-0.2, -0.15) is 0 Å². The minimum Gasteiger partial charge on any atom is -0.343 e. The van der Waals surface area contributed by atoms with Crippen molar-refractivity contribution in [2.45, 2.75) is 57.4 Å². The molecule has 4 aliphatic rings. The van der Waals surface area contributed by atoms with Gasteiger partial charge in [0.1, 0.15) is 0 Å². The van der Waals surface area contributed by atoms with Crippen molar-refractivity contribution >= 4 is 11.8 Å². The maximum Gasteiger partial charge on any atom is 0.227 e. The van der Waals surface area contributed by atoms with E-state index in [1.165, 1.54) is 19.3 Å². The van der Waals surface area contributed by atoms with E-state index in [9.17, 15) is 9.59 Å². The second-order valence-electron chi connectivity index (χ2n) is 8.50. The number of rotatable bonds is 3. The molecule has 2 saturated heterocycles. The Morgan fingerprint density at radius 2 is 1.54 bits per heavy atom. The number of likely N-dealkylation sites (tertiary alicyclic amines) is 2. The molecule has 2 amide bonds. The van der Waals surface area contributed by atoms with Gasteiger partial charge in [-0.25, -0.2) is 0 Å². The molecule has 134 valence electrons. The molecule has 2 saturated carbocycles. The third-order valence-electron chi connectivity index (χ3n) is 7.11. The number of carbonyl (C=O) groups is 2. The molecule has 0 spiro atoms. The van der Waals surface area contributed by atoms with Crippen molar-refractivity contribution in [2.24, 2.45) is 29.4 Å². The molecule has 0 radical (unpaired) electrons. The van der Waals surface area contributed by atoms with Crippen molar-refractivity contribution in [2.75, 3.05) is 26.2 Å². The highest BCUT2D eigenvalue weighted by atomic mass is 16.2. The molecule has 2 aliphatic heterocycles. The Morgan fingerprint density at radius 1 is 0.875 bits per heavy atom. The lowest BCUT2D eigenvalue weighted by atomic mass is 9.83. The minimum absolute atomic E-state index is 0.0755. The first-order valence-electron chi connectivity index (χ1n) is 9.95. The number of nitrogens with zero attached hydrogens (tertiary/aromatic N) is 2. The van der Waals surface area contributed by atoms with Crippen molar-refractivity contribution in [3.63, 3.8) is 0 Å².